The second kappa shape index (κ2) is 2.84. The van der Waals surface area contributed by atoms with Crippen LogP contribution in [0.3, 0.4) is 0 Å². The van der Waals surface area contributed by atoms with Gasteiger partial charge in [-0.15, -0.1) is 0 Å². The second-order valence-electron chi connectivity index (χ2n) is 4.21. The van der Waals surface area contributed by atoms with E-state index in [2.05, 4.69) is 14.9 Å². The molecule has 2 aliphatic rings. The summed E-state index contributed by atoms with van der Waals surface area (Å²) >= 11 is 0. The Morgan fingerprint density at radius 1 is 1.31 bits per heavy atom. The standard InChI is InChI=1S/C10H15N3/c1-2-8(1)12-9-3-4-13-7-11-6-10(13)5-9/h6-9,12H,1-5H2. The molecule has 13 heavy (non-hydrogen) atoms. The zero-order valence-electron chi connectivity index (χ0n) is 7.74. The van der Waals surface area contributed by atoms with Crippen molar-refractivity contribution in [3.8, 4) is 0 Å². The molecule has 3 nitrogen and oxygen atoms in total. The number of nitrogens with zero attached hydrogens (tertiary/aromatic N) is 2. The molecular formula is C10H15N3. The van der Waals surface area contributed by atoms with Crippen molar-refractivity contribution in [1.29, 1.82) is 0 Å². The van der Waals surface area contributed by atoms with Gasteiger partial charge in [0.25, 0.3) is 0 Å². The van der Waals surface area contributed by atoms with E-state index in [0.717, 1.165) is 19.0 Å². The fourth-order valence-electron chi connectivity index (χ4n) is 2.09. The Morgan fingerprint density at radius 3 is 3.08 bits per heavy atom. The minimum Gasteiger partial charge on any atom is -0.334 e. The van der Waals surface area contributed by atoms with Crippen LogP contribution in [-0.2, 0) is 13.0 Å². The molecule has 0 spiro atoms. The molecule has 3 rings (SSSR count). The van der Waals surface area contributed by atoms with Crippen molar-refractivity contribution in [2.24, 2.45) is 0 Å². The summed E-state index contributed by atoms with van der Waals surface area (Å²) in [6, 6.07) is 1.54. The van der Waals surface area contributed by atoms with E-state index in [1.807, 2.05) is 12.5 Å². The Labute approximate surface area is 78.2 Å². The molecule has 2 heterocycles. The van der Waals surface area contributed by atoms with Crippen LogP contribution in [0.4, 0.5) is 0 Å². The highest BCUT2D eigenvalue weighted by atomic mass is 15.1. The number of nitrogens with one attached hydrogen (secondary N) is 1. The summed E-state index contributed by atoms with van der Waals surface area (Å²) in [5, 5.41) is 3.68. The third-order valence-electron chi connectivity index (χ3n) is 3.02. The van der Waals surface area contributed by atoms with E-state index < -0.39 is 0 Å². The van der Waals surface area contributed by atoms with Crippen LogP contribution in [-0.4, -0.2) is 21.6 Å². The fraction of sp³-hybridized carbons (Fsp3) is 0.700. The molecule has 1 aromatic heterocycles. The topological polar surface area (TPSA) is 29.9 Å². The molecule has 0 amide bonds. The zero-order valence-corrected chi connectivity index (χ0v) is 7.74. The lowest BCUT2D eigenvalue weighted by molar-refractivity contribution is 0.397. The first-order valence-electron chi connectivity index (χ1n) is 5.17. The van der Waals surface area contributed by atoms with Crippen molar-refractivity contribution in [1.82, 2.24) is 14.9 Å². The van der Waals surface area contributed by atoms with Gasteiger partial charge in [-0.1, -0.05) is 0 Å². The first-order chi connectivity index (χ1) is 6.42. The lowest BCUT2D eigenvalue weighted by atomic mass is 10.0. The summed E-state index contributed by atoms with van der Waals surface area (Å²) in [6.07, 6.45) is 9.14. The molecule has 1 aliphatic carbocycles. The number of fused-ring (bicyclic) bond motifs is 1. The molecule has 0 radical (unpaired) electrons. The lowest BCUT2D eigenvalue weighted by Crippen LogP contribution is -2.37. The van der Waals surface area contributed by atoms with Crippen LogP contribution in [0.15, 0.2) is 12.5 Å². The van der Waals surface area contributed by atoms with Gasteiger partial charge in [0.2, 0.25) is 0 Å². The molecule has 1 aliphatic heterocycles. The Morgan fingerprint density at radius 2 is 2.23 bits per heavy atom. The van der Waals surface area contributed by atoms with Crippen LogP contribution in [0.25, 0.3) is 0 Å². The number of rotatable bonds is 2. The molecular weight excluding hydrogens is 162 g/mol. The van der Waals surface area contributed by atoms with Gasteiger partial charge < -0.3 is 9.88 Å². The summed E-state index contributed by atoms with van der Waals surface area (Å²) in [6.45, 7) is 1.14. The van der Waals surface area contributed by atoms with Crippen molar-refractivity contribution in [3.63, 3.8) is 0 Å². The van der Waals surface area contributed by atoms with Gasteiger partial charge in [-0.2, -0.15) is 0 Å². The summed E-state index contributed by atoms with van der Waals surface area (Å²) in [5.74, 6) is 0. The third kappa shape index (κ3) is 1.48. The molecule has 0 bridgehead atoms. The fourth-order valence-corrected chi connectivity index (χ4v) is 2.09. The van der Waals surface area contributed by atoms with Gasteiger partial charge in [-0.25, -0.2) is 4.98 Å². The quantitative estimate of drug-likeness (QED) is 0.729. The lowest BCUT2D eigenvalue weighted by Gasteiger charge is -2.24. The zero-order chi connectivity index (χ0) is 8.67. The average molecular weight is 177 g/mol. The number of hydrogen-bond acceptors (Lipinski definition) is 2. The monoisotopic (exact) mass is 177 g/mol. The SMILES string of the molecule is c1ncn2c1CC(NC1CC1)CC2. The maximum Gasteiger partial charge on any atom is 0.0948 e. The smallest absolute Gasteiger partial charge is 0.0948 e. The number of imidazole rings is 1. The Kier molecular flexibility index (Phi) is 1.65. The maximum absolute atomic E-state index is 4.17. The molecule has 1 saturated carbocycles. The molecule has 3 heteroatoms. The molecule has 1 aromatic rings. The number of hydrogen-bond donors (Lipinski definition) is 1. The van der Waals surface area contributed by atoms with E-state index in [1.165, 1.54) is 25.0 Å². The molecule has 0 aromatic carbocycles. The third-order valence-corrected chi connectivity index (χ3v) is 3.02. The molecule has 1 atom stereocenters. The average Bonchev–Trinajstić information content (AvgIpc) is 2.83. The van der Waals surface area contributed by atoms with Crippen molar-refractivity contribution < 1.29 is 0 Å². The van der Waals surface area contributed by atoms with E-state index in [9.17, 15) is 0 Å². The van der Waals surface area contributed by atoms with E-state index in [0.29, 0.717) is 6.04 Å². The predicted molar refractivity (Wildman–Crippen MR) is 50.5 cm³/mol. The summed E-state index contributed by atoms with van der Waals surface area (Å²) < 4.78 is 2.27. The second-order valence-corrected chi connectivity index (χ2v) is 4.21. The van der Waals surface area contributed by atoms with E-state index in [1.54, 1.807) is 0 Å². The first kappa shape index (κ1) is 7.56. The normalized spacial score (nSPS) is 27.2. The van der Waals surface area contributed by atoms with Crippen LogP contribution < -0.4 is 5.32 Å². The first-order valence-corrected chi connectivity index (χ1v) is 5.17. The van der Waals surface area contributed by atoms with Crippen molar-refractivity contribution in [2.75, 3.05) is 0 Å². The highest BCUT2D eigenvalue weighted by molar-refractivity contribution is 5.05. The van der Waals surface area contributed by atoms with Gasteiger partial charge in [-0.05, 0) is 19.3 Å². The van der Waals surface area contributed by atoms with Crippen LogP contribution in [0.2, 0.25) is 0 Å². The van der Waals surface area contributed by atoms with Gasteiger partial charge >= 0.3 is 0 Å². The van der Waals surface area contributed by atoms with Gasteiger partial charge in [-0.3, -0.25) is 0 Å². The van der Waals surface area contributed by atoms with Gasteiger partial charge in [0, 0.05) is 36.9 Å². The number of aromatic nitrogens is 2. The van der Waals surface area contributed by atoms with E-state index in [-0.39, 0.29) is 0 Å². The Balaban J connectivity index is 1.69. The van der Waals surface area contributed by atoms with Crippen molar-refractivity contribution in [3.05, 3.63) is 18.2 Å². The summed E-state index contributed by atoms with van der Waals surface area (Å²) in [4.78, 5) is 4.17. The van der Waals surface area contributed by atoms with E-state index >= 15 is 0 Å². The molecule has 1 N–H and O–H groups in total. The maximum atomic E-state index is 4.17. The highest BCUT2D eigenvalue weighted by Gasteiger charge is 2.26. The predicted octanol–water partition coefficient (Wildman–Crippen LogP) is 0.950. The largest absolute Gasteiger partial charge is 0.334 e. The minimum atomic E-state index is 0.705. The minimum absolute atomic E-state index is 0.705. The molecule has 0 saturated heterocycles. The Hall–Kier alpha value is -0.830. The molecule has 1 fully saturated rings. The van der Waals surface area contributed by atoms with E-state index in [4.69, 9.17) is 0 Å². The Bertz CT molecular complexity index is 301. The van der Waals surface area contributed by atoms with Crippen molar-refractivity contribution >= 4 is 0 Å². The van der Waals surface area contributed by atoms with Crippen LogP contribution in [0, 0.1) is 0 Å². The summed E-state index contributed by atoms with van der Waals surface area (Å²) in [5.41, 5.74) is 1.39. The van der Waals surface area contributed by atoms with Crippen LogP contribution >= 0.6 is 0 Å². The van der Waals surface area contributed by atoms with Gasteiger partial charge in [0.05, 0.1) is 6.33 Å². The molecule has 1 unspecified atom stereocenters. The molecule has 70 valence electrons. The van der Waals surface area contributed by atoms with Gasteiger partial charge in [0.15, 0.2) is 0 Å². The highest BCUT2D eigenvalue weighted by Crippen LogP contribution is 2.22. The summed E-state index contributed by atoms with van der Waals surface area (Å²) in [7, 11) is 0. The van der Waals surface area contributed by atoms with Crippen molar-refractivity contribution in [2.45, 2.75) is 44.3 Å². The number of aryl methyl sites for hydroxylation is 1. The van der Waals surface area contributed by atoms with Gasteiger partial charge in [0.1, 0.15) is 0 Å². The van der Waals surface area contributed by atoms with Crippen LogP contribution in [0.1, 0.15) is 25.0 Å². The van der Waals surface area contributed by atoms with Crippen LogP contribution in [0.5, 0.6) is 0 Å².